The average Bonchev–Trinajstić information content (AvgIpc) is 2.86. The molecule has 2 heterocycles. The molecule has 0 spiro atoms. The predicted octanol–water partition coefficient (Wildman–Crippen LogP) is 0.976. The van der Waals surface area contributed by atoms with Crippen molar-refractivity contribution in [2.24, 2.45) is 0 Å². The van der Waals surface area contributed by atoms with E-state index in [0.29, 0.717) is 18.5 Å². The summed E-state index contributed by atoms with van der Waals surface area (Å²) >= 11 is 0. The lowest BCUT2D eigenvalue weighted by atomic mass is 10.2. The van der Waals surface area contributed by atoms with Crippen LogP contribution in [0, 0.1) is 0 Å². The number of carbonyl (C=O) groups excluding carboxylic acids is 1. The molecule has 98 valence electrons. The van der Waals surface area contributed by atoms with Crippen molar-refractivity contribution in [2.45, 2.75) is 50.7 Å². The molecule has 1 aromatic heterocycles. The number of nitrogens with one attached hydrogen (secondary N) is 2. The fraction of sp³-hybridized carbons (Fsp3) is 0.692. The van der Waals surface area contributed by atoms with Crippen molar-refractivity contribution in [3.8, 4) is 0 Å². The first kappa shape index (κ1) is 11.7. The highest BCUT2D eigenvalue weighted by Crippen LogP contribution is 2.23. The number of aryl methyl sites for hydroxylation is 1. The van der Waals surface area contributed by atoms with Crippen LogP contribution < -0.4 is 10.6 Å². The van der Waals surface area contributed by atoms with E-state index in [1.165, 1.54) is 18.5 Å². The van der Waals surface area contributed by atoms with Gasteiger partial charge in [-0.05, 0) is 32.2 Å². The molecule has 1 aromatic rings. The van der Waals surface area contributed by atoms with E-state index in [1.807, 2.05) is 12.5 Å². The Balaban J connectivity index is 1.55. The average molecular weight is 248 g/mol. The summed E-state index contributed by atoms with van der Waals surface area (Å²) in [4.78, 5) is 15.9. The van der Waals surface area contributed by atoms with Gasteiger partial charge in [0.05, 0.1) is 12.0 Å². The molecule has 0 aromatic carbocycles. The van der Waals surface area contributed by atoms with Crippen molar-refractivity contribution in [1.29, 1.82) is 0 Å². The largest absolute Gasteiger partial charge is 0.353 e. The zero-order valence-corrected chi connectivity index (χ0v) is 10.6. The molecule has 1 aliphatic carbocycles. The Kier molecular flexibility index (Phi) is 3.32. The molecule has 1 saturated heterocycles. The fourth-order valence-electron chi connectivity index (χ4n) is 2.49. The van der Waals surface area contributed by atoms with E-state index >= 15 is 0 Å². The van der Waals surface area contributed by atoms with Crippen molar-refractivity contribution >= 4 is 5.91 Å². The number of hydrogen-bond acceptors (Lipinski definition) is 3. The second-order valence-electron chi connectivity index (χ2n) is 5.25. The van der Waals surface area contributed by atoms with Crippen LogP contribution in [-0.2, 0) is 11.3 Å². The minimum absolute atomic E-state index is 0.163. The summed E-state index contributed by atoms with van der Waals surface area (Å²) in [6.07, 6.45) is 8.98. The van der Waals surface area contributed by atoms with Crippen LogP contribution in [0.2, 0.25) is 0 Å². The summed E-state index contributed by atoms with van der Waals surface area (Å²) in [7, 11) is 0. The van der Waals surface area contributed by atoms with Crippen molar-refractivity contribution < 1.29 is 4.79 Å². The van der Waals surface area contributed by atoms with Crippen molar-refractivity contribution in [1.82, 2.24) is 20.2 Å². The van der Waals surface area contributed by atoms with Crippen LogP contribution in [0.3, 0.4) is 0 Å². The molecule has 1 aliphatic heterocycles. The third-order valence-electron chi connectivity index (χ3n) is 3.68. The zero-order chi connectivity index (χ0) is 12.4. The van der Waals surface area contributed by atoms with E-state index in [4.69, 9.17) is 0 Å². The number of nitrogens with zero attached hydrogens (tertiary/aromatic N) is 2. The standard InChI is InChI=1S/C13H20N4O/c18-13(16-10-3-4-10)5-7-17-9-14-8-12(17)11-2-1-6-15-11/h8-11,15H,1-7H2,(H,16,18)/t11-/m0/s1. The molecular weight excluding hydrogens is 228 g/mol. The monoisotopic (exact) mass is 248 g/mol. The summed E-state index contributed by atoms with van der Waals surface area (Å²) in [6, 6.07) is 0.871. The predicted molar refractivity (Wildman–Crippen MR) is 68.0 cm³/mol. The first-order chi connectivity index (χ1) is 8.83. The quantitative estimate of drug-likeness (QED) is 0.816. The lowest BCUT2D eigenvalue weighted by Crippen LogP contribution is -2.26. The van der Waals surface area contributed by atoms with Gasteiger partial charge in [-0.3, -0.25) is 4.79 Å². The molecule has 3 rings (SSSR count). The van der Waals surface area contributed by atoms with Crippen LogP contribution in [0.1, 0.15) is 43.8 Å². The molecular formula is C13H20N4O. The van der Waals surface area contributed by atoms with Gasteiger partial charge in [-0.2, -0.15) is 0 Å². The molecule has 2 N–H and O–H groups in total. The molecule has 1 saturated carbocycles. The Morgan fingerprint density at radius 2 is 2.39 bits per heavy atom. The minimum Gasteiger partial charge on any atom is -0.353 e. The van der Waals surface area contributed by atoms with Crippen LogP contribution in [0.5, 0.6) is 0 Å². The number of imidazole rings is 1. The van der Waals surface area contributed by atoms with E-state index in [2.05, 4.69) is 20.2 Å². The number of aromatic nitrogens is 2. The van der Waals surface area contributed by atoms with Crippen LogP contribution in [0.25, 0.3) is 0 Å². The second-order valence-corrected chi connectivity index (χ2v) is 5.25. The minimum atomic E-state index is 0.163. The first-order valence-electron chi connectivity index (χ1n) is 6.86. The van der Waals surface area contributed by atoms with Gasteiger partial charge in [0.2, 0.25) is 5.91 Å². The molecule has 0 unspecified atom stereocenters. The molecule has 5 nitrogen and oxygen atoms in total. The van der Waals surface area contributed by atoms with E-state index in [9.17, 15) is 4.79 Å². The van der Waals surface area contributed by atoms with Crippen LogP contribution in [-0.4, -0.2) is 28.0 Å². The van der Waals surface area contributed by atoms with E-state index in [1.54, 1.807) is 0 Å². The molecule has 0 bridgehead atoms. The van der Waals surface area contributed by atoms with Crippen LogP contribution in [0.15, 0.2) is 12.5 Å². The summed E-state index contributed by atoms with van der Waals surface area (Å²) in [5, 5.41) is 6.48. The van der Waals surface area contributed by atoms with Gasteiger partial charge < -0.3 is 15.2 Å². The van der Waals surface area contributed by atoms with Crippen molar-refractivity contribution in [2.75, 3.05) is 6.54 Å². The molecule has 18 heavy (non-hydrogen) atoms. The lowest BCUT2D eigenvalue weighted by molar-refractivity contribution is -0.121. The Bertz CT molecular complexity index is 418. The maximum atomic E-state index is 11.7. The lowest BCUT2D eigenvalue weighted by Gasteiger charge is -2.13. The SMILES string of the molecule is O=C(CCn1cncc1[C@@H]1CCCN1)NC1CC1. The third-order valence-corrected chi connectivity index (χ3v) is 3.68. The van der Waals surface area contributed by atoms with E-state index < -0.39 is 0 Å². The number of rotatable bonds is 5. The highest BCUT2D eigenvalue weighted by atomic mass is 16.1. The van der Waals surface area contributed by atoms with Gasteiger partial charge in [-0.15, -0.1) is 0 Å². The van der Waals surface area contributed by atoms with Gasteiger partial charge in [-0.25, -0.2) is 4.98 Å². The summed E-state index contributed by atoms with van der Waals surface area (Å²) in [5.74, 6) is 0.163. The van der Waals surface area contributed by atoms with Crippen molar-refractivity contribution in [3.05, 3.63) is 18.2 Å². The topological polar surface area (TPSA) is 59.0 Å². The Hall–Kier alpha value is -1.36. The van der Waals surface area contributed by atoms with Crippen LogP contribution in [0.4, 0.5) is 0 Å². The molecule has 5 heteroatoms. The molecule has 1 atom stereocenters. The summed E-state index contributed by atoms with van der Waals surface area (Å²) in [5.41, 5.74) is 1.21. The normalized spacial score (nSPS) is 23.2. The van der Waals surface area contributed by atoms with Gasteiger partial charge in [0.15, 0.2) is 0 Å². The molecule has 1 amide bonds. The number of carbonyl (C=O) groups is 1. The Morgan fingerprint density at radius 1 is 1.50 bits per heavy atom. The highest BCUT2D eigenvalue weighted by molar-refractivity contribution is 5.76. The third kappa shape index (κ3) is 2.72. The zero-order valence-electron chi connectivity index (χ0n) is 10.6. The Morgan fingerprint density at radius 3 is 3.11 bits per heavy atom. The fourth-order valence-corrected chi connectivity index (χ4v) is 2.49. The van der Waals surface area contributed by atoms with E-state index in [0.717, 1.165) is 25.9 Å². The highest BCUT2D eigenvalue weighted by Gasteiger charge is 2.23. The first-order valence-corrected chi connectivity index (χ1v) is 6.86. The van der Waals surface area contributed by atoms with Crippen LogP contribution >= 0.6 is 0 Å². The number of hydrogen-bond donors (Lipinski definition) is 2. The second kappa shape index (κ2) is 5.10. The molecule has 0 radical (unpaired) electrons. The van der Waals surface area contributed by atoms with Gasteiger partial charge in [-0.1, -0.05) is 0 Å². The van der Waals surface area contributed by atoms with Gasteiger partial charge in [0, 0.05) is 31.2 Å². The molecule has 2 fully saturated rings. The number of amides is 1. The Labute approximate surface area is 107 Å². The smallest absolute Gasteiger partial charge is 0.222 e. The maximum Gasteiger partial charge on any atom is 0.222 e. The van der Waals surface area contributed by atoms with Crippen molar-refractivity contribution in [3.63, 3.8) is 0 Å². The molecule has 2 aliphatic rings. The summed E-state index contributed by atoms with van der Waals surface area (Å²) in [6.45, 7) is 1.81. The van der Waals surface area contributed by atoms with Gasteiger partial charge >= 0.3 is 0 Å². The maximum absolute atomic E-state index is 11.7. The van der Waals surface area contributed by atoms with E-state index in [-0.39, 0.29) is 5.91 Å². The summed E-state index contributed by atoms with van der Waals surface area (Å²) < 4.78 is 2.11. The van der Waals surface area contributed by atoms with Gasteiger partial charge in [0.1, 0.15) is 0 Å². The van der Waals surface area contributed by atoms with Gasteiger partial charge in [0.25, 0.3) is 0 Å².